The molecule has 0 spiro atoms. The molecule has 0 aliphatic carbocycles. The SMILES string of the molecule is CNC(C)(C)CNc1c(C)cccc1C. The van der Waals surface area contributed by atoms with Crippen molar-refractivity contribution < 1.29 is 0 Å². The number of benzene rings is 1. The molecule has 0 amide bonds. The topological polar surface area (TPSA) is 24.1 Å². The van der Waals surface area contributed by atoms with Crippen LogP contribution in [0, 0.1) is 13.8 Å². The van der Waals surface area contributed by atoms with E-state index in [-0.39, 0.29) is 5.54 Å². The van der Waals surface area contributed by atoms with Crippen LogP contribution in [0.3, 0.4) is 0 Å². The summed E-state index contributed by atoms with van der Waals surface area (Å²) in [6.45, 7) is 9.58. The van der Waals surface area contributed by atoms with Crippen LogP contribution in [0.5, 0.6) is 0 Å². The highest BCUT2D eigenvalue weighted by molar-refractivity contribution is 5.56. The molecular weight excluding hydrogens is 184 g/mol. The maximum Gasteiger partial charge on any atom is 0.0400 e. The van der Waals surface area contributed by atoms with E-state index in [9.17, 15) is 0 Å². The first-order valence-electron chi connectivity index (χ1n) is 5.45. The van der Waals surface area contributed by atoms with Gasteiger partial charge in [-0.05, 0) is 45.9 Å². The molecule has 0 atom stereocenters. The van der Waals surface area contributed by atoms with Gasteiger partial charge in [0.1, 0.15) is 0 Å². The molecule has 0 aromatic heterocycles. The van der Waals surface area contributed by atoms with Crippen LogP contribution in [0.15, 0.2) is 18.2 Å². The summed E-state index contributed by atoms with van der Waals surface area (Å²) in [6, 6.07) is 6.38. The standard InChI is InChI=1S/C13H22N2/c1-10-7-6-8-11(2)12(10)15-9-13(3,4)14-5/h6-8,14-15H,9H2,1-5H3. The van der Waals surface area contributed by atoms with E-state index in [1.807, 2.05) is 7.05 Å². The van der Waals surface area contributed by atoms with Crippen LogP contribution >= 0.6 is 0 Å². The zero-order chi connectivity index (χ0) is 11.5. The van der Waals surface area contributed by atoms with Gasteiger partial charge in [0.2, 0.25) is 0 Å². The number of hydrogen-bond donors (Lipinski definition) is 2. The Hall–Kier alpha value is -1.02. The lowest BCUT2D eigenvalue weighted by Gasteiger charge is -2.26. The molecule has 1 rings (SSSR count). The van der Waals surface area contributed by atoms with E-state index in [1.54, 1.807) is 0 Å². The molecule has 0 radical (unpaired) electrons. The van der Waals surface area contributed by atoms with Gasteiger partial charge in [0.05, 0.1) is 0 Å². The van der Waals surface area contributed by atoms with Gasteiger partial charge in [0.25, 0.3) is 0 Å². The summed E-state index contributed by atoms with van der Waals surface area (Å²) in [6.07, 6.45) is 0. The first kappa shape index (κ1) is 12.1. The first-order valence-corrected chi connectivity index (χ1v) is 5.45. The fraction of sp³-hybridized carbons (Fsp3) is 0.538. The summed E-state index contributed by atoms with van der Waals surface area (Å²) >= 11 is 0. The zero-order valence-electron chi connectivity index (χ0n) is 10.4. The van der Waals surface area contributed by atoms with Crippen molar-refractivity contribution in [3.8, 4) is 0 Å². The quantitative estimate of drug-likeness (QED) is 0.791. The van der Waals surface area contributed by atoms with Crippen molar-refractivity contribution in [3.05, 3.63) is 29.3 Å². The van der Waals surface area contributed by atoms with Crippen LogP contribution < -0.4 is 10.6 Å². The Morgan fingerprint density at radius 3 is 2.13 bits per heavy atom. The highest BCUT2D eigenvalue weighted by atomic mass is 15.0. The summed E-state index contributed by atoms with van der Waals surface area (Å²) < 4.78 is 0. The second-order valence-electron chi connectivity index (χ2n) is 4.75. The second-order valence-corrected chi connectivity index (χ2v) is 4.75. The van der Waals surface area contributed by atoms with E-state index < -0.39 is 0 Å². The van der Waals surface area contributed by atoms with Crippen molar-refractivity contribution in [2.75, 3.05) is 18.9 Å². The minimum atomic E-state index is 0.120. The third kappa shape index (κ3) is 3.24. The Balaban J connectivity index is 2.73. The van der Waals surface area contributed by atoms with Crippen LogP contribution in [0.25, 0.3) is 0 Å². The van der Waals surface area contributed by atoms with E-state index in [4.69, 9.17) is 0 Å². The summed E-state index contributed by atoms with van der Waals surface area (Å²) in [5, 5.41) is 6.80. The van der Waals surface area contributed by atoms with Crippen molar-refractivity contribution in [2.24, 2.45) is 0 Å². The van der Waals surface area contributed by atoms with Crippen molar-refractivity contribution in [1.29, 1.82) is 0 Å². The molecule has 0 aliphatic heterocycles. The minimum absolute atomic E-state index is 0.120. The van der Waals surface area contributed by atoms with Crippen LogP contribution in [0.4, 0.5) is 5.69 Å². The molecule has 1 aromatic carbocycles. The lowest BCUT2D eigenvalue weighted by Crippen LogP contribution is -2.42. The number of hydrogen-bond acceptors (Lipinski definition) is 2. The van der Waals surface area contributed by atoms with Crippen molar-refractivity contribution in [2.45, 2.75) is 33.2 Å². The number of anilines is 1. The van der Waals surface area contributed by atoms with Gasteiger partial charge >= 0.3 is 0 Å². The Kier molecular flexibility index (Phi) is 3.75. The Morgan fingerprint density at radius 2 is 1.67 bits per heavy atom. The van der Waals surface area contributed by atoms with E-state index >= 15 is 0 Å². The van der Waals surface area contributed by atoms with E-state index in [2.05, 4.69) is 56.5 Å². The van der Waals surface area contributed by atoms with Crippen LogP contribution in [-0.2, 0) is 0 Å². The number of aryl methyl sites for hydroxylation is 2. The number of nitrogens with one attached hydrogen (secondary N) is 2. The Labute approximate surface area is 93.1 Å². The fourth-order valence-corrected chi connectivity index (χ4v) is 1.49. The van der Waals surface area contributed by atoms with Gasteiger partial charge in [0, 0.05) is 17.8 Å². The van der Waals surface area contributed by atoms with Gasteiger partial charge < -0.3 is 10.6 Å². The molecule has 84 valence electrons. The molecule has 0 saturated heterocycles. The molecule has 0 saturated carbocycles. The van der Waals surface area contributed by atoms with E-state index in [1.165, 1.54) is 16.8 Å². The third-order valence-electron chi connectivity index (χ3n) is 2.87. The summed E-state index contributed by atoms with van der Waals surface area (Å²) in [4.78, 5) is 0. The van der Waals surface area contributed by atoms with Gasteiger partial charge in [-0.3, -0.25) is 0 Å². The molecule has 1 aromatic rings. The van der Waals surface area contributed by atoms with E-state index in [0.717, 1.165) is 6.54 Å². The predicted molar refractivity (Wildman–Crippen MR) is 67.5 cm³/mol. The normalized spacial score (nSPS) is 11.5. The summed E-state index contributed by atoms with van der Waals surface area (Å²) in [5.41, 5.74) is 4.00. The molecule has 0 fully saturated rings. The lowest BCUT2D eigenvalue weighted by atomic mass is 10.0. The van der Waals surface area contributed by atoms with Crippen molar-refractivity contribution >= 4 is 5.69 Å². The van der Waals surface area contributed by atoms with Gasteiger partial charge in [-0.15, -0.1) is 0 Å². The Bertz CT molecular complexity index is 309. The summed E-state index contributed by atoms with van der Waals surface area (Å²) in [5.74, 6) is 0. The average molecular weight is 206 g/mol. The molecule has 2 nitrogen and oxygen atoms in total. The smallest absolute Gasteiger partial charge is 0.0400 e. The molecule has 2 heteroatoms. The van der Waals surface area contributed by atoms with Crippen LogP contribution in [0.2, 0.25) is 0 Å². The largest absolute Gasteiger partial charge is 0.383 e. The maximum atomic E-state index is 3.51. The van der Waals surface area contributed by atoms with Crippen LogP contribution in [-0.4, -0.2) is 19.1 Å². The maximum absolute atomic E-state index is 3.51. The molecule has 0 bridgehead atoms. The highest BCUT2D eigenvalue weighted by Gasteiger charge is 2.14. The molecule has 0 aliphatic rings. The Morgan fingerprint density at radius 1 is 1.13 bits per heavy atom. The van der Waals surface area contributed by atoms with Gasteiger partial charge in [0.15, 0.2) is 0 Å². The summed E-state index contributed by atoms with van der Waals surface area (Å²) in [7, 11) is 1.99. The predicted octanol–water partition coefficient (Wildman–Crippen LogP) is 2.71. The van der Waals surface area contributed by atoms with Crippen molar-refractivity contribution in [1.82, 2.24) is 5.32 Å². The van der Waals surface area contributed by atoms with Gasteiger partial charge in [-0.25, -0.2) is 0 Å². The zero-order valence-corrected chi connectivity index (χ0v) is 10.4. The number of para-hydroxylation sites is 1. The average Bonchev–Trinajstić information content (AvgIpc) is 2.17. The minimum Gasteiger partial charge on any atom is -0.383 e. The first-order chi connectivity index (χ1) is 6.96. The fourth-order valence-electron chi connectivity index (χ4n) is 1.49. The monoisotopic (exact) mass is 206 g/mol. The number of likely N-dealkylation sites (N-methyl/N-ethyl adjacent to an activating group) is 1. The van der Waals surface area contributed by atoms with Gasteiger partial charge in [-0.1, -0.05) is 18.2 Å². The lowest BCUT2D eigenvalue weighted by molar-refractivity contribution is 0.448. The second kappa shape index (κ2) is 4.67. The molecule has 0 unspecified atom stereocenters. The molecule has 0 heterocycles. The third-order valence-corrected chi connectivity index (χ3v) is 2.87. The molecule has 2 N–H and O–H groups in total. The number of rotatable bonds is 4. The van der Waals surface area contributed by atoms with Crippen molar-refractivity contribution in [3.63, 3.8) is 0 Å². The van der Waals surface area contributed by atoms with Gasteiger partial charge in [-0.2, -0.15) is 0 Å². The van der Waals surface area contributed by atoms with E-state index in [0.29, 0.717) is 0 Å². The molecular formula is C13H22N2. The van der Waals surface area contributed by atoms with Crippen LogP contribution in [0.1, 0.15) is 25.0 Å². The molecule has 15 heavy (non-hydrogen) atoms. The highest BCUT2D eigenvalue weighted by Crippen LogP contribution is 2.20.